The van der Waals surface area contributed by atoms with Crippen molar-refractivity contribution in [2.45, 2.75) is 50.0 Å². The molecule has 0 amide bonds. The van der Waals surface area contributed by atoms with Gasteiger partial charge >= 0.3 is 0 Å². The molecule has 2 bridgehead atoms. The zero-order valence-corrected chi connectivity index (χ0v) is 16.0. The first-order valence-corrected chi connectivity index (χ1v) is 10.5. The summed E-state index contributed by atoms with van der Waals surface area (Å²) >= 11 is 0. The minimum Gasteiger partial charge on any atom is -0.506 e. The van der Waals surface area contributed by atoms with E-state index in [1.54, 1.807) is 0 Å². The molecule has 0 spiro atoms. The van der Waals surface area contributed by atoms with Crippen LogP contribution in [0.2, 0.25) is 0 Å². The third kappa shape index (κ3) is 2.32. The predicted octanol–water partition coefficient (Wildman–Crippen LogP) is 4.36. The Labute approximate surface area is 164 Å². The number of aromatic nitrogens is 2. The highest BCUT2D eigenvalue weighted by Gasteiger charge is 2.51. The molecular formula is C23H26N4O. The lowest BCUT2D eigenvalue weighted by atomic mass is 9.53. The number of fused-ring (bicyclic) bond motifs is 2. The van der Waals surface area contributed by atoms with Crippen LogP contribution in [-0.2, 0) is 11.8 Å². The van der Waals surface area contributed by atoms with Crippen molar-refractivity contribution in [1.82, 2.24) is 15.5 Å². The fourth-order valence-corrected chi connectivity index (χ4v) is 6.25. The van der Waals surface area contributed by atoms with Crippen molar-refractivity contribution in [3.05, 3.63) is 47.7 Å². The molecule has 2 aromatic carbocycles. The molecule has 1 aliphatic heterocycles. The average molecular weight is 374 g/mol. The molecule has 2 heterocycles. The van der Waals surface area contributed by atoms with Gasteiger partial charge in [0.25, 0.3) is 0 Å². The maximum Gasteiger partial charge on any atom is 0.139 e. The number of piperidine rings is 1. The first-order valence-electron chi connectivity index (χ1n) is 10.5. The number of H-pyrrole nitrogens is 1. The van der Waals surface area contributed by atoms with E-state index < -0.39 is 0 Å². The van der Waals surface area contributed by atoms with Crippen LogP contribution in [0.3, 0.4) is 0 Å². The van der Waals surface area contributed by atoms with E-state index in [1.807, 2.05) is 18.3 Å². The lowest BCUT2D eigenvalue weighted by Crippen LogP contribution is -2.59. The molecule has 3 atom stereocenters. The number of benzene rings is 2. The van der Waals surface area contributed by atoms with Gasteiger partial charge in [0, 0.05) is 22.5 Å². The van der Waals surface area contributed by atoms with E-state index >= 15 is 0 Å². The zero-order valence-electron chi connectivity index (χ0n) is 16.0. The van der Waals surface area contributed by atoms with E-state index in [0.717, 1.165) is 41.2 Å². The molecule has 28 heavy (non-hydrogen) atoms. The summed E-state index contributed by atoms with van der Waals surface area (Å²) in [5.74, 6) is 1.09. The van der Waals surface area contributed by atoms with E-state index in [-0.39, 0.29) is 5.41 Å². The Balaban J connectivity index is 1.40. The summed E-state index contributed by atoms with van der Waals surface area (Å²) in [6.45, 7) is 1.10. The SMILES string of the molecule is Oc1cc2c(cc1Nc1ccc3[nH]ncc3c1)C[C@H]1NCC[C@@]23CCCC[C@@H]13. The van der Waals surface area contributed by atoms with Gasteiger partial charge in [-0.3, -0.25) is 5.10 Å². The summed E-state index contributed by atoms with van der Waals surface area (Å²) in [5.41, 5.74) is 5.87. The van der Waals surface area contributed by atoms with Gasteiger partial charge in [-0.25, -0.2) is 0 Å². The van der Waals surface area contributed by atoms with Crippen molar-refractivity contribution in [2.24, 2.45) is 5.92 Å². The molecule has 3 aliphatic rings. The molecule has 1 saturated carbocycles. The number of anilines is 2. The summed E-state index contributed by atoms with van der Waals surface area (Å²) < 4.78 is 0. The van der Waals surface area contributed by atoms with Crippen LogP contribution in [0.5, 0.6) is 5.75 Å². The molecule has 0 radical (unpaired) electrons. The summed E-state index contributed by atoms with van der Waals surface area (Å²) in [6.07, 6.45) is 9.34. The smallest absolute Gasteiger partial charge is 0.139 e. The number of phenolic OH excluding ortho intramolecular Hbond substituents is 1. The molecule has 5 nitrogen and oxygen atoms in total. The molecule has 3 aromatic rings. The summed E-state index contributed by atoms with van der Waals surface area (Å²) in [6, 6.07) is 10.9. The fourth-order valence-electron chi connectivity index (χ4n) is 6.25. The third-order valence-corrected chi connectivity index (χ3v) is 7.48. The van der Waals surface area contributed by atoms with Crippen molar-refractivity contribution in [2.75, 3.05) is 11.9 Å². The normalized spacial score (nSPS) is 28.6. The van der Waals surface area contributed by atoms with Crippen LogP contribution < -0.4 is 10.6 Å². The van der Waals surface area contributed by atoms with Crippen molar-refractivity contribution in [3.8, 4) is 5.75 Å². The predicted molar refractivity (Wildman–Crippen MR) is 111 cm³/mol. The Bertz CT molecular complexity index is 1050. The number of hydrogen-bond donors (Lipinski definition) is 4. The van der Waals surface area contributed by atoms with E-state index in [2.05, 4.69) is 39.0 Å². The number of aromatic amines is 1. The van der Waals surface area contributed by atoms with Crippen LogP contribution in [-0.4, -0.2) is 27.9 Å². The topological polar surface area (TPSA) is 73.0 Å². The van der Waals surface area contributed by atoms with E-state index in [0.29, 0.717) is 11.8 Å². The van der Waals surface area contributed by atoms with Crippen LogP contribution in [0.15, 0.2) is 36.5 Å². The minimum absolute atomic E-state index is 0.271. The first-order chi connectivity index (χ1) is 13.7. The Morgan fingerprint density at radius 2 is 2.11 bits per heavy atom. The molecule has 6 rings (SSSR count). The molecule has 2 fully saturated rings. The molecular weight excluding hydrogens is 348 g/mol. The highest BCUT2D eigenvalue weighted by Crippen LogP contribution is 2.55. The lowest BCUT2D eigenvalue weighted by molar-refractivity contribution is 0.0796. The Kier molecular flexibility index (Phi) is 3.51. The second-order valence-electron chi connectivity index (χ2n) is 8.85. The van der Waals surface area contributed by atoms with Gasteiger partial charge in [0.2, 0.25) is 0 Å². The van der Waals surface area contributed by atoms with E-state index in [9.17, 15) is 5.11 Å². The van der Waals surface area contributed by atoms with Crippen LogP contribution in [0.4, 0.5) is 11.4 Å². The summed E-state index contributed by atoms with van der Waals surface area (Å²) in [4.78, 5) is 0. The first kappa shape index (κ1) is 16.4. The van der Waals surface area contributed by atoms with Gasteiger partial charge < -0.3 is 15.7 Å². The molecule has 1 saturated heterocycles. The van der Waals surface area contributed by atoms with Gasteiger partial charge in [0.1, 0.15) is 5.75 Å². The van der Waals surface area contributed by atoms with Crippen molar-refractivity contribution in [1.29, 1.82) is 0 Å². The standard InChI is InChI=1S/C23H26N4O/c28-22-12-18-14(10-20-17-3-1-2-6-23(17,18)7-8-24-20)11-21(22)26-16-4-5-19-15(9-16)13-25-27-19/h4-5,9,11-13,17,20,24,26,28H,1-3,6-8,10H2,(H,25,27)/t17-,20+,23+/m0/s1. The van der Waals surface area contributed by atoms with Crippen LogP contribution >= 0.6 is 0 Å². The quantitative estimate of drug-likeness (QED) is 0.503. The number of phenols is 1. The van der Waals surface area contributed by atoms with Crippen LogP contribution in [0.25, 0.3) is 10.9 Å². The van der Waals surface area contributed by atoms with Crippen molar-refractivity contribution < 1.29 is 5.11 Å². The van der Waals surface area contributed by atoms with Crippen molar-refractivity contribution in [3.63, 3.8) is 0 Å². The van der Waals surface area contributed by atoms with Gasteiger partial charge in [-0.15, -0.1) is 0 Å². The van der Waals surface area contributed by atoms with Gasteiger partial charge in [-0.05, 0) is 79.6 Å². The van der Waals surface area contributed by atoms with Gasteiger partial charge in [-0.1, -0.05) is 12.8 Å². The molecule has 0 unspecified atom stereocenters. The van der Waals surface area contributed by atoms with Crippen molar-refractivity contribution >= 4 is 22.3 Å². The third-order valence-electron chi connectivity index (χ3n) is 7.48. The highest BCUT2D eigenvalue weighted by molar-refractivity contribution is 5.83. The maximum absolute atomic E-state index is 10.9. The number of hydrogen-bond acceptors (Lipinski definition) is 4. The molecule has 5 heteroatoms. The second kappa shape index (κ2) is 5.98. The Morgan fingerprint density at radius 1 is 1.14 bits per heavy atom. The number of nitrogens with one attached hydrogen (secondary N) is 3. The maximum atomic E-state index is 10.9. The summed E-state index contributed by atoms with van der Waals surface area (Å²) in [7, 11) is 0. The number of aromatic hydroxyl groups is 1. The van der Waals surface area contributed by atoms with Gasteiger partial charge in [-0.2, -0.15) is 5.10 Å². The monoisotopic (exact) mass is 374 g/mol. The van der Waals surface area contributed by atoms with E-state index in [4.69, 9.17) is 0 Å². The molecule has 2 aliphatic carbocycles. The zero-order chi connectivity index (χ0) is 18.7. The lowest BCUT2D eigenvalue weighted by Gasteiger charge is -2.56. The highest BCUT2D eigenvalue weighted by atomic mass is 16.3. The minimum atomic E-state index is 0.271. The number of nitrogens with zero attached hydrogens (tertiary/aromatic N) is 1. The fraction of sp³-hybridized carbons (Fsp3) is 0.435. The van der Waals surface area contributed by atoms with Crippen LogP contribution in [0.1, 0.15) is 43.2 Å². The Hall–Kier alpha value is -2.53. The second-order valence-corrected chi connectivity index (χ2v) is 8.85. The average Bonchev–Trinajstić information content (AvgIpc) is 3.17. The summed E-state index contributed by atoms with van der Waals surface area (Å²) in [5, 5.41) is 26.2. The Morgan fingerprint density at radius 3 is 3.07 bits per heavy atom. The van der Waals surface area contributed by atoms with Gasteiger partial charge in [0.05, 0.1) is 17.4 Å². The number of rotatable bonds is 2. The molecule has 1 aromatic heterocycles. The molecule has 4 N–H and O–H groups in total. The van der Waals surface area contributed by atoms with Gasteiger partial charge in [0.15, 0.2) is 0 Å². The van der Waals surface area contributed by atoms with E-state index in [1.165, 1.54) is 43.2 Å². The largest absolute Gasteiger partial charge is 0.506 e. The van der Waals surface area contributed by atoms with Crippen LogP contribution in [0, 0.1) is 5.92 Å². The molecule has 144 valence electrons.